The summed E-state index contributed by atoms with van der Waals surface area (Å²) in [6, 6.07) is 0. The number of aliphatic hydroxyl groups is 1. The molecule has 1 fully saturated rings. The van der Waals surface area contributed by atoms with Gasteiger partial charge in [0, 0.05) is 12.3 Å². The van der Waals surface area contributed by atoms with Gasteiger partial charge in [0.25, 0.3) is 0 Å². The Morgan fingerprint density at radius 2 is 2.33 bits per heavy atom. The number of nitrogens with zero attached hydrogens (tertiary/aromatic N) is 4. The number of imidazole rings is 1. The van der Waals surface area contributed by atoms with Crippen LogP contribution < -0.4 is 5.32 Å². The molecule has 6 nitrogen and oxygen atoms in total. The second kappa shape index (κ2) is 4.74. The zero-order valence-electron chi connectivity index (χ0n) is 10.1. The Morgan fingerprint density at radius 1 is 1.44 bits per heavy atom. The minimum absolute atomic E-state index is 0.241. The van der Waals surface area contributed by atoms with Gasteiger partial charge in [0.05, 0.1) is 18.3 Å². The normalized spacial score (nSPS) is 23.7. The zero-order valence-corrected chi connectivity index (χ0v) is 10.9. The Kier molecular flexibility index (Phi) is 3.09. The fourth-order valence-electron chi connectivity index (χ4n) is 2.27. The van der Waals surface area contributed by atoms with Crippen LogP contribution in [-0.2, 0) is 0 Å². The SMILES string of the molecule is CNc1ncnc2c1ncn2[C@H]1CC[C@@H](CO)S1. The van der Waals surface area contributed by atoms with E-state index >= 15 is 0 Å². The Morgan fingerprint density at radius 3 is 3.06 bits per heavy atom. The third-order valence-electron chi connectivity index (χ3n) is 3.19. The summed E-state index contributed by atoms with van der Waals surface area (Å²) in [5.74, 6) is 0.750. The summed E-state index contributed by atoms with van der Waals surface area (Å²) in [5.41, 5.74) is 1.65. The summed E-state index contributed by atoms with van der Waals surface area (Å²) in [6.45, 7) is 0.241. The molecule has 0 amide bonds. The van der Waals surface area contributed by atoms with Crippen molar-refractivity contribution in [3.8, 4) is 0 Å². The van der Waals surface area contributed by atoms with E-state index in [-0.39, 0.29) is 6.61 Å². The molecule has 2 N–H and O–H groups in total. The van der Waals surface area contributed by atoms with E-state index in [0.29, 0.717) is 10.6 Å². The van der Waals surface area contributed by atoms with Crippen molar-refractivity contribution in [2.45, 2.75) is 23.5 Å². The molecular formula is C11H15N5OS. The maximum atomic E-state index is 9.20. The first-order valence-corrected chi connectivity index (χ1v) is 6.89. The quantitative estimate of drug-likeness (QED) is 0.870. The number of thioether (sulfide) groups is 1. The summed E-state index contributed by atoms with van der Waals surface area (Å²) < 4.78 is 2.08. The molecule has 18 heavy (non-hydrogen) atoms. The monoisotopic (exact) mass is 265 g/mol. The van der Waals surface area contributed by atoms with Crippen LogP contribution in [-0.4, -0.2) is 43.5 Å². The van der Waals surface area contributed by atoms with Crippen LogP contribution in [0.1, 0.15) is 18.2 Å². The van der Waals surface area contributed by atoms with Gasteiger partial charge in [-0.1, -0.05) is 0 Å². The van der Waals surface area contributed by atoms with E-state index in [1.807, 2.05) is 13.4 Å². The summed E-state index contributed by atoms with van der Waals surface area (Å²) in [4.78, 5) is 12.9. The Hall–Kier alpha value is -1.34. The molecule has 2 aromatic heterocycles. The molecule has 2 atom stereocenters. The van der Waals surface area contributed by atoms with E-state index in [2.05, 4.69) is 24.8 Å². The van der Waals surface area contributed by atoms with Gasteiger partial charge in [-0.05, 0) is 12.8 Å². The minimum atomic E-state index is 0.241. The molecule has 1 aliphatic rings. The molecule has 3 heterocycles. The topological polar surface area (TPSA) is 75.9 Å². The molecular weight excluding hydrogens is 250 g/mol. The first kappa shape index (κ1) is 11.7. The highest BCUT2D eigenvalue weighted by Gasteiger charge is 2.27. The second-order valence-corrected chi connectivity index (χ2v) is 5.75. The highest BCUT2D eigenvalue weighted by atomic mass is 32.2. The predicted molar refractivity (Wildman–Crippen MR) is 71.6 cm³/mol. The Balaban J connectivity index is 1.98. The van der Waals surface area contributed by atoms with Gasteiger partial charge in [-0.2, -0.15) is 0 Å². The number of rotatable bonds is 3. The van der Waals surface area contributed by atoms with Crippen molar-refractivity contribution in [3.63, 3.8) is 0 Å². The molecule has 0 unspecified atom stereocenters. The average molecular weight is 265 g/mol. The van der Waals surface area contributed by atoms with E-state index in [4.69, 9.17) is 0 Å². The smallest absolute Gasteiger partial charge is 0.166 e. The number of anilines is 1. The predicted octanol–water partition coefficient (Wildman–Crippen LogP) is 1.25. The van der Waals surface area contributed by atoms with Crippen molar-refractivity contribution < 1.29 is 5.11 Å². The molecule has 1 saturated heterocycles. The van der Waals surface area contributed by atoms with E-state index < -0.39 is 0 Å². The lowest BCUT2D eigenvalue weighted by molar-refractivity contribution is 0.292. The van der Waals surface area contributed by atoms with Crippen LogP contribution in [0.25, 0.3) is 11.2 Å². The van der Waals surface area contributed by atoms with Gasteiger partial charge >= 0.3 is 0 Å². The van der Waals surface area contributed by atoms with Gasteiger partial charge in [-0.15, -0.1) is 11.8 Å². The van der Waals surface area contributed by atoms with Gasteiger partial charge in [0.1, 0.15) is 11.8 Å². The van der Waals surface area contributed by atoms with E-state index in [1.165, 1.54) is 0 Å². The van der Waals surface area contributed by atoms with Crippen LogP contribution in [0, 0.1) is 0 Å². The molecule has 0 bridgehead atoms. The molecule has 96 valence electrons. The maximum Gasteiger partial charge on any atom is 0.166 e. The molecule has 0 radical (unpaired) electrons. The number of hydrogen-bond donors (Lipinski definition) is 2. The van der Waals surface area contributed by atoms with Gasteiger partial charge in [0.2, 0.25) is 0 Å². The van der Waals surface area contributed by atoms with Crippen LogP contribution in [0.2, 0.25) is 0 Å². The Bertz CT molecular complexity index is 557. The van der Waals surface area contributed by atoms with E-state index in [9.17, 15) is 5.11 Å². The highest BCUT2D eigenvalue weighted by Crippen LogP contribution is 2.42. The lowest BCUT2D eigenvalue weighted by atomic mass is 10.2. The van der Waals surface area contributed by atoms with Crippen LogP contribution in [0.4, 0.5) is 5.82 Å². The van der Waals surface area contributed by atoms with Gasteiger partial charge in [-0.3, -0.25) is 0 Å². The third-order valence-corrected chi connectivity index (χ3v) is 4.74. The first-order valence-electron chi connectivity index (χ1n) is 5.95. The zero-order chi connectivity index (χ0) is 12.5. The highest BCUT2D eigenvalue weighted by molar-refractivity contribution is 8.00. The number of aromatic nitrogens is 4. The van der Waals surface area contributed by atoms with Crippen LogP contribution in [0.3, 0.4) is 0 Å². The summed E-state index contributed by atoms with van der Waals surface area (Å²) in [7, 11) is 1.83. The van der Waals surface area contributed by atoms with Crippen molar-refractivity contribution in [2.75, 3.05) is 19.0 Å². The van der Waals surface area contributed by atoms with Gasteiger partial charge in [0.15, 0.2) is 11.5 Å². The summed E-state index contributed by atoms with van der Waals surface area (Å²) in [5, 5.41) is 12.9. The van der Waals surface area contributed by atoms with Crippen molar-refractivity contribution >= 4 is 28.7 Å². The van der Waals surface area contributed by atoms with Gasteiger partial charge < -0.3 is 15.0 Å². The third kappa shape index (κ3) is 1.83. The number of aliphatic hydroxyl groups excluding tert-OH is 1. The second-order valence-electron chi connectivity index (χ2n) is 4.27. The Labute approximate surface area is 109 Å². The largest absolute Gasteiger partial charge is 0.395 e. The molecule has 2 aromatic rings. The van der Waals surface area contributed by atoms with E-state index in [0.717, 1.165) is 29.8 Å². The molecule has 0 aliphatic carbocycles. The standard InChI is InChI=1S/C11H15N5OS/c1-12-10-9-11(14-5-13-10)16(6-15-9)8-3-2-7(4-17)18-8/h5-8,17H,2-4H2,1H3,(H,12,13,14)/t7-,8+/m0/s1. The van der Waals surface area contributed by atoms with Crippen molar-refractivity contribution in [1.29, 1.82) is 0 Å². The number of nitrogens with one attached hydrogen (secondary N) is 1. The lowest BCUT2D eigenvalue weighted by Gasteiger charge is -2.12. The fourth-order valence-corrected chi connectivity index (χ4v) is 3.63. The lowest BCUT2D eigenvalue weighted by Crippen LogP contribution is -2.04. The first-order chi connectivity index (χ1) is 8.83. The number of hydrogen-bond acceptors (Lipinski definition) is 6. The van der Waals surface area contributed by atoms with E-state index in [1.54, 1.807) is 18.1 Å². The summed E-state index contributed by atoms with van der Waals surface area (Å²) in [6.07, 6.45) is 5.45. The van der Waals surface area contributed by atoms with Crippen molar-refractivity contribution in [2.24, 2.45) is 0 Å². The maximum absolute atomic E-state index is 9.20. The van der Waals surface area contributed by atoms with Crippen LogP contribution in [0.15, 0.2) is 12.7 Å². The van der Waals surface area contributed by atoms with Crippen molar-refractivity contribution in [1.82, 2.24) is 19.5 Å². The molecule has 3 rings (SSSR count). The molecule has 0 aromatic carbocycles. The number of fused-ring (bicyclic) bond motifs is 1. The van der Waals surface area contributed by atoms with Crippen molar-refractivity contribution in [3.05, 3.63) is 12.7 Å². The molecule has 0 saturated carbocycles. The summed E-state index contributed by atoms with van der Waals surface area (Å²) >= 11 is 1.79. The molecule has 1 aliphatic heterocycles. The molecule has 7 heteroatoms. The minimum Gasteiger partial charge on any atom is -0.395 e. The van der Waals surface area contributed by atoms with Crippen LogP contribution in [0.5, 0.6) is 0 Å². The fraction of sp³-hybridized carbons (Fsp3) is 0.545. The molecule has 0 spiro atoms. The van der Waals surface area contributed by atoms with Crippen LogP contribution >= 0.6 is 11.8 Å². The van der Waals surface area contributed by atoms with Gasteiger partial charge in [-0.25, -0.2) is 15.0 Å². The average Bonchev–Trinajstić information content (AvgIpc) is 3.03.